The average molecular weight is 475 g/mol. The second-order valence-electron chi connectivity index (χ2n) is 9.69. The lowest BCUT2D eigenvalue weighted by molar-refractivity contribution is -0.119. The lowest BCUT2D eigenvalue weighted by atomic mass is 9.98. The fourth-order valence-electron chi connectivity index (χ4n) is 4.89. The Kier molecular flexibility index (Phi) is 8.59. The van der Waals surface area contributed by atoms with Crippen LogP contribution in [0.3, 0.4) is 0 Å². The first-order valence-corrected chi connectivity index (χ1v) is 12.8. The molecule has 4 rings (SSSR count). The molecule has 1 aliphatic carbocycles. The molecule has 186 valence electrons. The molecular weight excluding hydrogens is 436 g/mol. The number of anilines is 1. The third kappa shape index (κ3) is 6.51. The van der Waals surface area contributed by atoms with Crippen LogP contribution in [0, 0.1) is 12.3 Å². The molecule has 0 aromatic heterocycles. The molecule has 1 aliphatic heterocycles. The van der Waals surface area contributed by atoms with Crippen LogP contribution in [0.25, 0.3) is 0 Å². The molecule has 2 fully saturated rings. The molecule has 1 saturated carbocycles. The van der Waals surface area contributed by atoms with E-state index in [1.165, 1.54) is 23.8 Å². The molecule has 0 unspecified atom stereocenters. The van der Waals surface area contributed by atoms with Crippen LogP contribution in [0.2, 0.25) is 0 Å². The van der Waals surface area contributed by atoms with Crippen LogP contribution in [-0.2, 0) is 16.1 Å². The van der Waals surface area contributed by atoms with Crippen LogP contribution >= 0.6 is 0 Å². The molecular formula is C29H38N4O2. The molecule has 0 radical (unpaired) electrons. The number of hydrogen-bond donors (Lipinski definition) is 1. The van der Waals surface area contributed by atoms with Crippen LogP contribution in [0.5, 0.6) is 0 Å². The summed E-state index contributed by atoms with van der Waals surface area (Å²) in [6.45, 7) is 6.30. The molecule has 0 spiro atoms. The maximum atomic E-state index is 13.7. The van der Waals surface area contributed by atoms with Crippen molar-refractivity contribution in [1.29, 1.82) is 5.41 Å². The van der Waals surface area contributed by atoms with E-state index in [-0.39, 0.29) is 12.0 Å². The van der Waals surface area contributed by atoms with E-state index in [0.29, 0.717) is 11.5 Å². The number of piperazine rings is 1. The van der Waals surface area contributed by atoms with Crippen LogP contribution in [0.1, 0.15) is 43.2 Å². The van der Waals surface area contributed by atoms with Crippen LogP contribution in [-0.4, -0.2) is 61.3 Å². The maximum absolute atomic E-state index is 13.7. The molecule has 6 nitrogen and oxygen atoms in total. The zero-order chi connectivity index (χ0) is 24.6. The summed E-state index contributed by atoms with van der Waals surface area (Å²) in [5.41, 5.74) is 4.00. The van der Waals surface area contributed by atoms with Gasteiger partial charge >= 0.3 is 0 Å². The Morgan fingerprint density at radius 3 is 2.29 bits per heavy atom. The number of carbonyl (C=O) groups excluding carboxylic acids is 1. The Hall–Kier alpha value is -3.12. The van der Waals surface area contributed by atoms with E-state index in [1.807, 2.05) is 30.3 Å². The van der Waals surface area contributed by atoms with E-state index in [2.05, 4.69) is 41.0 Å². The van der Waals surface area contributed by atoms with Crippen molar-refractivity contribution in [2.24, 2.45) is 0 Å². The highest BCUT2D eigenvalue weighted by Gasteiger charge is 2.29. The number of likely N-dealkylation sites (N-methyl/N-ethyl adjacent to an activating group) is 1. The SMILES string of the molecule is Cc1ccc(CN2CCN(/C(C=N)=C(\OC3CCCCC3)C(=O)N(C)c3ccccc3)CC2)cc1. The predicted octanol–water partition coefficient (Wildman–Crippen LogP) is 4.99. The summed E-state index contributed by atoms with van der Waals surface area (Å²) in [6.07, 6.45) is 6.73. The summed E-state index contributed by atoms with van der Waals surface area (Å²) < 4.78 is 6.42. The predicted molar refractivity (Wildman–Crippen MR) is 142 cm³/mol. The van der Waals surface area contributed by atoms with Crippen molar-refractivity contribution < 1.29 is 9.53 Å². The quantitative estimate of drug-likeness (QED) is 0.333. The van der Waals surface area contributed by atoms with Crippen LogP contribution < -0.4 is 4.90 Å². The molecule has 1 heterocycles. The number of hydrogen-bond acceptors (Lipinski definition) is 5. The van der Waals surface area contributed by atoms with E-state index >= 15 is 0 Å². The van der Waals surface area contributed by atoms with Crippen molar-refractivity contribution in [3.63, 3.8) is 0 Å². The summed E-state index contributed by atoms with van der Waals surface area (Å²) in [4.78, 5) is 19.9. The van der Waals surface area contributed by atoms with Crippen LogP contribution in [0.15, 0.2) is 66.1 Å². The van der Waals surface area contributed by atoms with E-state index in [4.69, 9.17) is 10.1 Å². The van der Waals surface area contributed by atoms with E-state index in [9.17, 15) is 4.79 Å². The Morgan fingerprint density at radius 1 is 1.00 bits per heavy atom. The van der Waals surface area contributed by atoms with Crippen molar-refractivity contribution in [3.05, 3.63) is 77.2 Å². The van der Waals surface area contributed by atoms with Gasteiger partial charge < -0.3 is 19.9 Å². The monoisotopic (exact) mass is 474 g/mol. The van der Waals surface area contributed by atoms with E-state index in [1.54, 1.807) is 11.9 Å². The van der Waals surface area contributed by atoms with Crippen LogP contribution in [0.4, 0.5) is 5.69 Å². The van der Waals surface area contributed by atoms with Crippen molar-refractivity contribution in [2.75, 3.05) is 38.1 Å². The summed E-state index contributed by atoms with van der Waals surface area (Å²) in [5.74, 6) is 0.118. The van der Waals surface area contributed by atoms with Crippen molar-refractivity contribution in [2.45, 2.75) is 51.7 Å². The molecule has 2 aromatic carbocycles. The minimum absolute atomic E-state index is 0.0321. The first-order valence-electron chi connectivity index (χ1n) is 12.8. The highest BCUT2D eigenvalue weighted by atomic mass is 16.5. The Bertz CT molecular complexity index is 1000. The highest BCUT2D eigenvalue weighted by Crippen LogP contribution is 2.27. The van der Waals surface area contributed by atoms with Gasteiger partial charge in [-0.15, -0.1) is 0 Å². The lowest BCUT2D eigenvalue weighted by Crippen LogP contribution is -2.46. The Labute approximate surface area is 209 Å². The molecule has 1 saturated heterocycles. The number of carbonyl (C=O) groups is 1. The first kappa shape index (κ1) is 25.0. The van der Waals surface area contributed by atoms with Gasteiger partial charge in [-0.25, -0.2) is 0 Å². The van der Waals surface area contributed by atoms with Crippen molar-refractivity contribution in [3.8, 4) is 0 Å². The normalized spacial score (nSPS) is 18.1. The van der Waals surface area contributed by atoms with Gasteiger partial charge in [-0.2, -0.15) is 0 Å². The smallest absolute Gasteiger partial charge is 0.295 e. The molecule has 1 N–H and O–H groups in total. The second kappa shape index (κ2) is 12.0. The van der Waals surface area contributed by atoms with Crippen molar-refractivity contribution >= 4 is 17.8 Å². The van der Waals surface area contributed by atoms with Gasteiger partial charge in [0.25, 0.3) is 5.91 Å². The maximum Gasteiger partial charge on any atom is 0.295 e. The summed E-state index contributed by atoms with van der Waals surface area (Å²) in [5, 5.41) is 8.24. The van der Waals surface area contributed by atoms with Gasteiger partial charge in [-0.05, 0) is 50.3 Å². The zero-order valence-electron chi connectivity index (χ0n) is 21.1. The lowest BCUT2D eigenvalue weighted by Gasteiger charge is -2.37. The number of rotatable bonds is 8. The van der Waals surface area contributed by atoms with Gasteiger partial charge in [0.2, 0.25) is 5.76 Å². The van der Waals surface area contributed by atoms with Gasteiger partial charge in [-0.3, -0.25) is 9.69 Å². The van der Waals surface area contributed by atoms with Crippen molar-refractivity contribution in [1.82, 2.24) is 9.80 Å². The number of benzene rings is 2. The zero-order valence-corrected chi connectivity index (χ0v) is 21.1. The molecule has 2 aliphatic rings. The number of para-hydroxylation sites is 1. The molecule has 6 heteroatoms. The highest BCUT2D eigenvalue weighted by molar-refractivity contribution is 6.06. The Balaban J connectivity index is 1.52. The fourth-order valence-corrected chi connectivity index (χ4v) is 4.89. The Morgan fingerprint density at radius 2 is 1.66 bits per heavy atom. The second-order valence-corrected chi connectivity index (χ2v) is 9.69. The first-order chi connectivity index (χ1) is 17.0. The molecule has 1 amide bonds. The summed E-state index contributed by atoms with van der Waals surface area (Å²) in [7, 11) is 1.78. The topological polar surface area (TPSA) is 59.9 Å². The number of amides is 1. The van der Waals surface area contributed by atoms with Gasteiger partial charge in [0.1, 0.15) is 5.70 Å². The minimum atomic E-state index is -0.192. The van der Waals surface area contributed by atoms with Gasteiger partial charge in [0.15, 0.2) is 0 Å². The summed E-state index contributed by atoms with van der Waals surface area (Å²) in [6, 6.07) is 18.3. The number of aryl methyl sites for hydroxylation is 1. The third-order valence-corrected chi connectivity index (χ3v) is 7.09. The average Bonchev–Trinajstić information content (AvgIpc) is 2.91. The molecule has 35 heavy (non-hydrogen) atoms. The summed E-state index contributed by atoms with van der Waals surface area (Å²) >= 11 is 0. The van der Waals surface area contributed by atoms with Gasteiger partial charge in [-0.1, -0.05) is 54.4 Å². The fraction of sp³-hybridized carbons (Fsp3) is 0.448. The van der Waals surface area contributed by atoms with Gasteiger partial charge in [0.05, 0.1) is 6.10 Å². The van der Waals surface area contributed by atoms with E-state index < -0.39 is 0 Å². The number of nitrogens with zero attached hydrogens (tertiary/aromatic N) is 3. The number of ether oxygens (including phenoxy) is 1. The minimum Gasteiger partial charge on any atom is -0.483 e. The van der Waals surface area contributed by atoms with E-state index in [0.717, 1.165) is 64.1 Å². The molecule has 2 aromatic rings. The van der Waals surface area contributed by atoms with Gasteiger partial charge in [0, 0.05) is 51.7 Å². The third-order valence-electron chi connectivity index (χ3n) is 7.09. The number of allylic oxidation sites excluding steroid dienone is 1. The molecule has 0 atom stereocenters. The standard InChI is InChI=1S/C29H38N4O2/c1-23-13-15-24(16-14-23)22-32-17-19-33(20-18-32)27(21-30)28(35-26-11-7-4-8-12-26)29(34)31(2)25-9-5-3-6-10-25/h3,5-6,9-10,13-16,21,26,30H,4,7-8,11-12,17-20,22H2,1-2H3/b28-27-,30-21?. The number of nitrogens with one attached hydrogen (secondary N) is 1. The molecule has 0 bridgehead atoms. The largest absolute Gasteiger partial charge is 0.483 e.